The fourth-order valence-corrected chi connectivity index (χ4v) is 3.52. The van der Waals surface area contributed by atoms with Gasteiger partial charge in [-0.05, 0) is 30.5 Å². The van der Waals surface area contributed by atoms with Crippen LogP contribution in [0.25, 0.3) is 11.0 Å². The summed E-state index contributed by atoms with van der Waals surface area (Å²) >= 11 is 0. The molecule has 4 rings (SSSR count). The zero-order chi connectivity index (χ0) is 22.1. The van der Waals surface area contributed by atoms with E-state index in [1.807, 2.05) is 31.2 Å². The second kappa shape index (κ2) is 8.07. The molecule has 1 fully saturated rings. The third kappa shape index (κ3) is 4.19. The second-order valence-corrected chi connectivity index (χ2v) is 7.72. The molecule has 1 saturated carbocycles. The lowest BCUT2D eigenvalue weighted by molar-refractivity contribution is -0.121. The molecule has 3 N–H and O–H groups in total. The zero-order valence-corrected chi connectivity index (χ0v) is 16.9. The molecule has 1 atom stereocenters. The molecule has 1 aliphatic carbocycles. The van der Waals surface area contributed by atoms with Gasteiger partial charge in [0.15, 0.2) is 5.76 Å². The van der Waals surface area contributed by atoms with Crippen molar-refractivity contribution in [3.05, 3.63) is 47.4 Å². The maximum Gasteiger partial charge on any atom is 0.293 e. The summed E-state index contributed by atoms with van der Waals surface area (Å²) in [7, 11) is 0. The number of nitrogens with zero attached hydrogens (tertiary/aromatic N) is 3. The number of aromatic nitrogens is 2. The van der Waals surface area contributed by atoms with Gasteiger partial charge in [0, 0.05) is 30.9 Å². The number of anilines is 1. The maximum atomic E-state index is 12.6. The summed E-state index contributed by atoms with van der Waals surface area (Å²) in [6.45, 7) is 2.11. The number of nitriles is 1. The first-order chi connectivity index (χ1) is 14.9. The molecule has 0 aliphatic heterocycles. The third-order valence-corrected chi connectivity index (χ3v) is 5.44. The lowest BCUT2D eigenvalue weighted by atomic mass is 9.94. The molecule has 0 bridgehead atoms. The molecule has 1 aromatic carbocycles. The minimum Gasteiger partial charge on any atom is -0.458 e. The van der Waals surface area contributed by atoms with Gasteiger partial charge in [0.05, 0.1) is 16.6 Å². The summed E-state index contributed by atoms with van der Waals surface area (Å²) in [4.78, 5) is 40.8. The van der Waals surface area contributed by atoms with Gasteiger partial charge in [-0.3, -0.25) is 19.7 Å². The molecule has 3 aromatic rings. The predicted molar refractivity (Wildman–Crippen MR) is 111 cm³/mol. The van der Waals surface area contributed by atoms with E-state index in [0.717, 1.165) is 18.4 Å². The van der Waals surface area contributed by atoms with E-state index in [0.29, 0.717) is 11.0 Å². The average Bonchev–Trinajstić information content (AvgIpc) is 3.39. The summed E-state index contributed by atoms with van der Waals surface area (Å²) in [5.41, 5.74) is 7.67. The third-order valence-electron chi connectivity index (χ3n) is 5.44. The number of aryl methyl sites for hydroxylation is 1. The van der Waals surface area contributed by atoms with Gasteiger partial charge in [-0.25, -0.2) is 4.98 Å². The molecule has 0 spiro atoms. The number of carbonyl (C=O) groups excluding carboxylic acids is 3. The highest BCUT2D eigenvalue weighted by Crippen LogP contribution is 2.36. The summed E-state index contributed by atoms with van der Waals surface area (Å²) < 4.78 is 6.81. The van der Waals surface area contributed by atoms with E-state index < -0.39 is 11.8 Å². The van der Waals surface area contributed by atoms with Crippen molar-refractivity contribution in [2.45, 2.75) is 38.6 Å². The van der Waals surface area contributed by atoms with Crippen LogP contribution in [0.15, 0.2) is 34.9 Å². The van der Waals surface area contributed by atoms with Crippen LogP contribution in [-0.2, 0) is 16.1 Å². The number of hydrogen-bond donors (Lipinski definition) is 2. The molecular formula is C22H21N5O4. The lowest BCUT2D eigenvalue weighted by Gasteiger charge is -2.11. The Morgan fingerprint density at radius 3 is 2.77 bits per heavy atom. The van der Waals surface area contributed by atoms with Gasteiger partial charge in [0.1, 0.15) is 18.1 Å². The van der Waals surface area contributed by atoms with Crippen molar-refractivity contribution in [3.63, 3.8) is 0 Å². The van der Waals surface area contributed by atoms with E-state index in [1.165, 1.54) is 12.3 Å². The van der Waals surface area contributed by atoms with Crippen molar-refractivity contribution < 1.29 is 18.8 Å². The predicted octanol–water partition coefficient (Wildman–Crippen LogP) is 2.71. The van der Waals surface area contributed by atoms with E-state index >= 15 is 0 Å². The van der Waals surface area contributed by atoms with Crippen molar-refractivity contribution in [1.29, 1.82) is 5.26 Å². The molecule has 2 heterocycles. The molecule has 31 heavy (non-hydrogen) atoms. The van der Waals surface area contributed by atoms with E-state index in [2.05, 4.69) is 10.3 Å². The van der Waals surface area contributed by atoms with Crippen molar-refractivity contribution >= 4 is 34.6 Å². The van der Waals surface area contributed by atoms with Crippen molar-refractivity contribution in [1.82, 2.24) is 9.55 Å². The van der Waals surface area contributed by atoms with Gasteiger partial charge in [-0.2, -0.15) is 5.26 Å². The minimum atomic E-state index is -0.574. The van der Waals surface area contributed by atoms with Crippen LogP contribution in [0.1, 0.15) is 53.8 Å². The molecule has 158 valence electrons. The summed E-state index contributed by atoms with van der Waals surface area (Å²) in [6.07, 6.45) is 3.15. The van der Waals surface area contributed by atoms with E-state index in [1.54, 1.807) is 4.57 Å². The fourth-order valence-electron chi connectivity index (χ4n) is 3.52. The Labute approximate surface area is 177 Å². The number of hydrogen-bond acceptors (Lipinski definition) is 6. The Kier molecular flexibility index (Phi) is 5.29. The Morgan fingerprint density at radius 2 is 2.13 bits per heavy atom. The topological polar surface area (TPSA) is 144 Å². The van der Waals surface area contributed by atoms with Gasteiger partial charge >= 0.3 is 0 Å². The number of rotatable bonds is 8. The van der Waals surface area contributed by atoms with Crippen LogP contribution in [0.2, 0.25) is 0 Å². The highest BCUT2D eigenvalue weighted by Gasteiger charge is 2.33. The van der Waals surface area contributed by atoms with Crippen LogP contribution in [0, 0.1) is 17.2 Å². The number of nitrogens with one attached hydrogen (secondary N) is 1. The average molecular weight is 419 g/mol. The van der Waals surface area contributed by atoms with Crippen LogP contribution in [0.5, 0.6) is 0 Å². The Hall–Kier alpha value is -3.93. The Morgan fingerprint density at radius 1 is 1.35 bits per heavy atom. The number of primary amides is 1. The van der Waals surface area contributed by atoms with Gasteiger partial charge < -0.3 is 14.7 Å². The standard InChI is InChI=1S/C22H21N5O4/c1-12(20(29)14-2-3-14)15-4-5-17-16(9-15)25-22(27(17)7-6-19(24)28)26-21(30)18-8-13(10-23)11-31-18/h4-5,8-9,11-12,14H,2-3,6-7H2,1H3,(H2,24,28)(H,25,26,30). The summed E-state index contributed by atoms with van der Waals surface area (Å²) in [6, 6.07) is 8.75. The van der Waals surface area contributed by atoms with Gasteiger partial charge in [-0.1, -0.05) is 13.0 Å². The number of amides is 2. The first-order valence-electron chi connectivity index (χ1n) is 9.99. The monoisotopic (exact) mass is 419 g/mol. The summed E-state index contributed by atoms with van der Waals surface area (Å²) in [5.74, 6) is -0.728. The smallest absolute Gasteiger partial charge is 0.293 e. The highest BCUT2D eigenvalue weighted by atomic mass is 16.3. The molecule has 2 amide bonds. The molecular weight excluding hydrogens is 398 g/mol. The first-order valence-corrected chi connectivity index (χ1v) is 9.99. The summed E-state index contributed by atoms with van der Waals surface area (Å²) in [5, 5.41) is 11.6. The second-order valence-electron chi connectivity index (χ2n) is 7.72. The maximum absolute atomic E-state index is 12.6. The number of imidazole rings is 1. The normalized spacial score (nSPS) is 14.2. The van der Waals surface area contributed by atoms with Crippen LogP contribution < -0.4 is 11.1 Å². The molecule has 0 radical (unpaired) electrons. The molecule has 9 heteroatoms. The van der Waals surface area contributed by atoms with Crippen LogP contribution in [-0.4, -0.2) is 27.1 Å². The van der Waals surface area contributed by atoms with Crippen molar-refractivity contribution in [3.8, 4) is 6.07 Å². The number of benzene rings is 1. The molecule has 9 nitrogen and oxygen atoms in total. The van der Waals surface area contributed by atoms with Crippen molar-refractivity contribution in [2.24, 2.45) is 11.7 Å². The number of Topliss-reactive ketones (excluding diaryl/α,β-unsaturated/α-hetero) is 1. The number of furan rings is 1. The number of nitrogens with two attached hydrogens (primary N) is 1. The first kappa shape index (κ1) is 20.3. The number of fused-ring (bicyclic) bond motifs is 1. The van der Waals surface area contributed by atoms with Crippen LogP contribution in [0.4, 0.5) is 5.95 Å². The van der Waals surface area contributed by atoms with Gasteiger partial charge in [0.2, 0.25) is 11.9 Å². The van der Waals surface area contributed by atoms with Gasteiger partial charge in [-0.15, -0.1) is 0 Å². The van der Waals surface area contributed by atoms with E-state index in [4.69, 9.17) is 15.4 Å². The van der Waals surface area contributed by atoms with Crippen molar-refractivity contribution in [2.75, 3.05) is 5.32 Å². The minimum absolute atomic E-state index is 0.0330. The fraction of sp³-hybridized carbons (Fsp3) is 0.318. The molecule has 2 aromatic heterocycles. The molecule has 1 unspecified atom stereocenters. The molecule has 1 aliphatic rings. The SMILES string of the molecule is CC(C(=O)C1CC1)c1ccc2c(c1)nc(NC(=O)c1cc(C#N)co1)n2CCC(N)=O. The lowest BCUT2D eigenvalue weighted by Crippen LogP contribution is -2.18. The highest BCUT2D eigenvalue weighted by molar-refractivity contribution is 6.02. The quantitative estimate of drug-likeness (QED) is 0.574. The van der Waals surface area contributed by atoms with E-state index in [9.17, 15) is 14.4 Å². The Balaban J connectivity index is 1.67. The number of carbonyl (C=O) groups is 3. The van der Waals surface area contributed by atoms with Crippen LogP contribution >= 0.6 is 0 Å². The number of ketones is 1. The van der Waals surface area contributed by atoms with Crippen LogP contribution in [0.3, 0.4) is 0 Å². The molecule has 0 saturated heterocycles. The van der Waals surface area contributed by atoms with Gasteiger partial charge in [0.25, 0.3) is 5.91 Å². The Bertz CT molecular complexity index is 1230. The van der Waals surface area contributed by atoms with E-state index in [-0.39, 0.29) is 47.9 Å². The largest absolute Gasteiger partial charge is 0.458 e. The zero-order valence-electron chi connectivity index (χ0n) is 16.9.